The molecular formula is C4H8Cl2N2O. The summed E-state index contributed by atoms with van der Waals surface area (Å²) in [7, 11) is 0. The second-order valence-corrected chi connectivity index (χ2v) is 1.80. The lowest BCUT2D eigenvalue weighted by Crippen LogP contribution is -2.09. The summed E-state index contributed by atoms with van der Waals surface area (Å²) < 4.78 is 0. The monoisotopic (exact) mass is 170 g/mol. The van der Waals surface area contributed by atoms with Gasteiger partial charge in [-0.2, -0.15) is 0 Å². The zero-order valence-electron chi connectivity index (χ0n) is 4.69. The largest absolute Gasteiger partial charge is 0.388 e. The summed E-state index contributed by atoms with van der Waals surface area (Å²) >= 11 is 4.93. The molecule has 0 heterocycles. The van der Waals surface area contributed by atoms with Crippen LogP contribution in [0, 0.1) is 5.41 Å². The zero-order chi connectivity index (χ0) is 6.57. The highest BCUT2D eigenvalue weighted by Crippen LogP contribution is 1.92. The fourth-order valence-corrected chi connectivity index (χ4v) is 0.327. The van der Waals surface area contributed by atoms with Gasteiger partial charge in [0.05, 0.1) is 5.84 Å². The first-order chi connectivity index (χ1) is 3.63. The van der Waals surface area contributed by atoms with Crippen LogP contribution >= 0.6 is 24.0 Å². The number of rotatable bonds is 3. The van der Waals surface area contributed by atoms with Crippen molar-refractivity contribution in [1.82, 2.24) is 0 Å². The average molecular weight is 171 g/mol. The molecule has 0 saturated carbocycles. The van der Waals surface area contributed by atoms with Crippen molar-refractivity contribution in [3.05, 3.63) is 0 Å². The van der Waals surface area contributed by atoms with E-state index in [1.54, 1.807) is 0 Å². The maximum absolute atomic E-state index is 9.96. The van der Waals surface area contributed by atoms with Gasteiger partial charge in [-0.3, -0.25) is 10.2 Å². The van der Waals surface area contributed by atoms with E-state index in [1.807, 2.05) is 0 Å². The van der Waals surface area contributed by atoms with Crippen molar-refractivity contribution in [3.8, 4) is 0 Å². The molecule has 5 heteroatoms. The lowest BCUT2D eigenvalue weighted by Gasteiger charge is -1.89. The van der Waals surface area contributed by atoms with Crippen molar-refractivity contribution in [2.45, 2.75) is 12.8 Å². The molecule has 0 aromatic carbocycles. The third kappa shape index (κ3) is 11.3. The molecule has 0 bridgehead atoms. The molecule has 0 atom stereocenters. The van der Waals surface area contributed by atoms with E-state index in [4.69, 9.17) is 22.7 Å². The Morgan fingerprint density at radius 1 is 1.56 bits per heavy atom. The van der Waals surface area contributed by atoms with Crippen molar-refractivity contribution >= 4 is 35.1 Å². The van der Waals surface area contributed by atoms with Crippen LogP contribution in [0.25, 0.3) is 0 Å². The Morgan fingerprint density at radius 2 is 2.00 bits per heavy atom. The molecule has 0 amide bonds. The van der Waals surface area contributed by atoms with E-state index in [1.165, 1.54) is 0 Å². The summed E-state index contributed by atoms with van der Waals surface area (Å²) in [4.78, 5) is 9.96. The molecule has 54 valence electrons. The SMILES string of the molecule is Cl.N=C(N)CCC(=O)Cl. The van der Waals surface area contributed by atoms with Crippen LogP contribution in [0.15, 0.2) is 0 Å². The van der Waals surface area contributed by atoms with E-state index in [9.17, 15) is 4.79 Å². The van der Waals surface area contributed by atoms with Crippen molar-refractivity contribution in [2.24, 2.45) is 5.73 Å². The molecule has 0 aliphatic carbocycles. The van der Waals surface area contributed by atoms with Gasteiger partial charge in [0, 0.05) is 12.8 Å². The number of carbonyl (C=O) groups excluding carboxylic acids is 1. The summed E-state index contributed by atoms with van der Waals surface area (Å²) in [6.45, 7) is 0. The Bertz CT molecular complexity index is 101. The van der Waals surface area contributed by atoms with Gasteiger partial charge in [0.25, 0.3) is 0 Å². The van der Waals surface area contributed by atoms with Crippen LogP contribution in [0.4, 0.5) is 0 Å². The van der Waals surface area contributed by atoms with E-state index in [2.05, 4.69) is 0 Å². The van der Waals surface area contributed by atoms with Gasteiger partial charge in [0.1, 0.15) is 0 Å². The number of amidine groups is 1. The van der Waals surface area contributed by atoms with Crippen LogP contribution in [0.1, 0.15) is 12.8 Å². The summed E-state index contributed by atoms with van der Waals surface area (Å²) in [6.07, 6.45) is 0.430. The molecule has 0 unspecified atom stereocenters. The van der Waals surface area contributed by atoms with Gasteiger partial charge in [-0.25, -0.2) is 0 Å². The van der Waals surface area contributed by atoms with E-state index < -0.39 is 5.24 Å². The van der Waals surface area contributed by atoms with Crippen LogP contribution in [0.5, 0.6) is 0 Å². The first kappa shape index (κ1) is 11.5. The molecule has 0 saturated heterocycles. The lowest BCUT2D eigenvalue weighted by atomic mass is 10.3. The van der Waals surface area contributed by atoms with Gasteiger partial charge >= 0.3 is 0 Å². The Morgan fingerprint density at radius 3 is 2.11 bits per heavy atom. The third-order valence-corrected chi connectivity index (χ3v) is 0.780. The Kier molecular flexibility index (Phi) is 7.48. The van der Waals surface area contributed by atoms with Crippen molar-refractivity contribution in [1.29, 1.82) is 5.41 Å². The molecular weight excluding hydrogens is 163 g/mol. The molecule has 0 aromatic rings. The molecule has 0 radical (unpaired) electrons. The quantitative estimate of drug-likeness (QED) is 0.376. The van der Waals surface area contributed by atoms with E-state index in [0.29, 0.717) is 0 Å². The Hall–Kier alpha value is -0.280. The van der Waals surface area contributed by atoms with Gasteiger partial charge in [-0.15, -0.1) is 12.4 Å². The first-order valence-electron chi connectivity index (χ1n) is 2.14. The number of hydrogen-bond acceptors (Lipinski definition) is 2. The topological polar surface area (TPSA) is 66.9 Å². The number of hydrogen-bond donors (Lipinski definition) is 2. The molecule has 0 aliphatic rings. The number of nitrogens with two attached hydrogens (primary N) is 1. The Balaban J connectivity index is 0. The summed E-state index contributed by atoms with van der Waals surface area (Å²) in [5.74, 6) is -0.000926. The zero-order valence-corrected chi connectivity index (χ0v) is 6.26. The molecule has 3 N–H and O–H groups in total. The highest BCUT2D eigenvalue weighted by Gasteiger charge is 1.95. The summed E-state index contributed by atoms with van der Waals surface area (Å²) in [5, 5.41) is 6.21. The predicted octanol–water partition coefficient (Wildman–Crippen LogP) is 0.890. The minimum Gasteiger partial charge on any atom is -0.388 e. The number of carbonyl (C=O) groups is 1. The van der Waals surface area contributed by atoms with Crippen molar-refractivity contribution in [2.75, 3.05) is 0 Å². The molecule has 0 fully saturated rings. The molecule has 9 heavy (non-hydrogen) atoms. The van der Waals surface area contributed by atoms with Crippen LogP contribution in [-0.2, 0) is 4.79 Å². The van der Waals surface area contributed by atoms with Gasteiger partial charge in [0.2, 0.25) is 5.24 Å². The Labute approximate surface area is 64.5 Å². The standard InChI is InChI=1S/C4H7ClN2O.ClH/c5-3(8)1-2-4(6)7;/h1-2H2,(H3,6,7);1H. The predicted molar refractivity (Wildman–Crippen MR) is 39.3 cm³/mol. The fraction of sp³-hybridized carbons (Fsp3) is 0.500. The highest BCUT2D eigenvalue weighted by atomic mass is 35.5. The van der Waals surface area contributed by atoms with Gasteiger partial charge in [0.15, 0.2) is 0 Å². The van der Waals surface area contributed by atoms with E-state index >= 15 is 0 Å². The minimum atomic E-state index is -0.444. The first-order valence-corrected chi connectivity index (χ1v) is 2.52. The maximum Gasteiger partial charge on any atom is 0.222 e. The maximum atomic E-state index is 9.96. The van der Waals surface area contributed by atoms with Gasteiger partial charge < -0.3 is 5.73 Å². The molecule has 0 rings (SSSR count). The molecule has 0 aromatic heterocycles. The van der Waals surface area contributed by atoms with Crippen LogP contribution in [0.2, 0.25) is 0 Å². The van der Waals surface area contributed by atoms with Crippen LogP contribution in [-0.4, -0.2) is 11.1 Å². The highest BCUT2D eigenvalue weighted by molar-refractivity contribution is 6.63. The summed E-state index contributed by atoms with van der Waals surface area (Å²) in [6, 6.07) is 0. The van der Waals surface area contributed by atoms with E-state index in [0.717, 1.165) is 0 Å². The molecule has 0 spiro atoms. The smallest absolute Gasteiger partial charge is 0.222 e. The normalized spacial score (nSPS) is 7.67. The minimum absolute atomic E-state index is 0. The van der Waals surface area contributed by atoms with E-state index in [-0.39, 0.29) is 31.1 Å². The second-order valence-electron chi connectivity index (χ2n) is 1.38. The lowest BCUT2D eigenvalue weighted by molar-refractivity contribution is -0.111. The summed E-state index contributed by atoms with van der Waals surface area (Å²) in [5.41, 5.74) is 4.91. The van der Waals surface area contributed by atoms with Gasteiger partial charge in [-0.05, 0) is 11.6 Å². The average Bonchev–Trinajstić information content (AvgIpc) is 1.61. The third-order valence-electron chi connectivity index (χ3n) is 0.591. The van der Waals surface area contributed by atoms with Gasteiger partial charge in [-0.1, -0.05) is 0 Å². The van der Waals surface area contributed by atoms with Crippen molar-refractivity contribution < 1.29 is 4.79 Å². The second kappa shape index (κ2) is 5.85. The molecule has 3 nitrogen and oxygen atoms in total. The van der Waals surface area contributed by atoms with Crippen LogP contribution < -0.4 is 5.73 Å². The van der Waals surface area contributed by atoms with Crippen molar-refractivity contribution in [3.63, 3.8) is 0 Å². The number of halogens is 2. The fourth-order valence-electron chi connectivity index (χ4n) is 0.233. The molecule has 0 aliphatic heterocycles. The number of nitrogens with one attached hydrogen (secondary N) is 1. The van der Waals surface area contributed by atoms with Crippen LogP contribution in [0.3, 0.4) is 0 Å².